The first-order valence-corrected chi connectivity index (χ1v) is 6.19. The maximum Gasteiger partial charge on any atom is 0.302 e. The highest BCUT2D eigenvalue weighted by molar-refractivity contribution is 5.66. The minimum Gasteiger partial charge on any atom is -0.461 e. The van der Waals surface area contributed by atoms with Gasteiger partial charge in [0.1, 0.15) is 6.10 Å². The van der Waals surface area contributed by atoms with Gasteiger partial charge < -0.3 is 4.74 Å². The summed E-state index contributed by atoms with van der Waals surface area (Å²) < 4.78 is 5.36. The number of esters is 1. The monoisotopic (exact) mass is 231 g/mol. The van der Waals surface area contributed by atoms with Gasteiger partial charge in [0, 0.05) is 32.0 Å². The van der Waals surface area contributed by atoms with Gasteiger partial charge in [-0.2, -0.15) is 0 Å². The molecule has 90 valence electrons. The smallest absolute Gasteiger partial charge is 0.302 e. The second-order valence-corrected chi connectivity index (χ2v) is 5.05. The number of rotatable bonds is 3. The Morgan fingerprint density at radius 3 is 2.88 bits per heavy atom. The van der Waals surface area contributed by atoms with Crippen molar-refractivity contribution >= 4 is 5.97 Å². The molecule has 1 aliphatic carbocycles. The van der Waals surface area contributed by atoms with Gasteiger partial charge in [0.2, 0.25) is 0 Å². The summed E-state index contributed by atoms with van der Waals surface area (Å²) in [6.45, 7) is 3.54. The van der Waals surface area contributed by atoms with Gasteiger partial charge in [-0.3, -0.25) is 9.69 Å². The topological polar surface area (TPSA) is 29.5 Å². The third-order valence-electron chi connectivity index (χ3n) is 3.86. The molecule has 17 heavy (non-hydrogen) atoms. The Balaban J connectivity index is 1.63. The molecular formula is C14H17NO2. The van der Waals surface area contributed by atoms with Crippen LogP contribution in [0.15, 0.2) is 30.3 Å². The van der Waals surface area contributed by atoms with Gasteiger partial charge in [0.15, 0.2) is 0 Å². The van der Waals surface area contributed by atoms with E-state index < -0.39 is 0 Å². The molecule has 1 aromatic rings. The van der Waals surface area contributed by atoms with Gasteiger partial charge in [-0.15, -0.1) is 0 Å². The number of nitrogens with zero attached hydrogens (tertiary/aromatic N) is 1. The predicted molar refractivity (Wildman–Crippen MR) is 64.3 cm³/mol. The maximum atomic E-state index is 11.0. The average Bonchev–Trinajstić information content (AvgIpc) is 2.84. The fourth-order valence-corrected chi connectivity index (χ4v) is 3.03. The molecule has 0 aromatic heterocycles. The molecule has 0 radical (unpaired) electrons. The number of benzene rings is 1. The zero-order valence-corrected chi connectivity index (χ0v) is 10.0. The minimum absolute atomic E-state index is 0.147. The van der Waals surface area contributed by atoms with Crippen LogP contribution in [0.4, 0.5) is 0 Å². The summed E-state index contributed by atoms with van der Waals surface area (Å²) in [6, 6.07) is 10.9. The third kappa shape index (κ3) is 1.95. The third-order valence-corrected chi connectivity index (χ3v) is 3.86. The Morgan fingerprint density at radius 2 is 2.18 bits per heavy atom. The normalized spacial score (nSPS) is 31.0. The first kappa shape index (κ1) is 10.8. The highest BCUT2D eigenvalue weighted by atomic mass is 16.5. The van der Waals surface area contributed by atoms with E-state index in [0.717, 1.165) is 13.1 Å². The number of ether oxygens (including phenoxy) is 1. The number of fused-ring (bicyclic) bond motifs is 1. The van der Waals surface area contributed by atoms with E-state index in [1.54, 1.807) is 0 Å². The minimum atomic E-state index is -0.147. The van der Waals surface area contributed by atoms with Crippen molar-refractivity contribution in [2.75, 3.05) is 6.54 Å². The van der Waals surface area contributed by atoms with Gasteiger partial charge in [-0.05, 0) is 12.0 Å². The van der Waals surface area contributed by atoms with Gasteiger partial charge in [-0.1, -0.05) is 30.3 Å². The second kappa shape index (κ2) is 4.15. The molecule has 2 bridgehead atoms. The van der Waals surface area contributed by atoms with Crippen LogP contribution in [0.1, 0.15) is 18.9 Å². The lowest BCUT2D eigenvalue weighted by Gasteiger charge is -2.35. The summed E-state index contributed by atoms with van der Waals surface area (Å²) in [5, 5.41) is 0. The number of hydrogen-bond acceptors (Lipinski definition) is 3. The van der Waals surface area contributed by atoms with Crippen molar-refractivity contribution in [2.45, 2.75) is 32.0 Å². The summed E-state index contributed by atoms with van der Waals surface area (Å²) in [5.41, 5.74) is 1.33. The van der Waals surface area contributed by atoms with E-state index in [-0.39, 0.29) is 12.1 Å². The number of hydrogen-bond donors (Lipinski definition) is 0. The SMILES string of the molecule is CC(=O)O[C@@H]1[C@@H]2C[C@H]1N(Cc1ccccc1)C2. The summed E-state index contributed by atoms with van der Waals surface area (Å²) in [4.78, 5) is 13.4. The molecule has 1 saturated carbocycles. The Morgan fingerprint density at radius 1 is 1.41 bits per heavy atom. The van der Waals surface area contributed by atoms with E-state index in [2.05, 4.69) is 29.2 Å². The van der Waals surface area contributed by atoms with E-state index in [1.165, 1.54) is 18.9 Å². The highest BCUT2D eigenvalue weighted by Gasteiger charge is 2.53. The van der Waals surface area contributed by atoms with Crippen LogP contribution >= 0.6 is 0 Å². The lowest BCUT2D eigenvalue weighted by molar-refractivity contribution is -0.155. The van der Waals surface area contributed by atoms with Crippen LogP contribution in [0, 0.1) is 5.92 Å². The molecule has 3 atom stereocenters. The Labute approximate surface area is 101 Å². The molecular weight excluding hydrogens is 214 g/mol. The van der Waals surface area contributed by atoms with E-state index in [9.17, 15) is 4.79 Å². The number of carbonyl (C=O) groups is 1. The van der Waals surface area contributed by atoms with Crippen molar-refractivity contribution in [3.05, 3.63) is 35.9 Å². The van der Waals surface area contributed by atoms with E-state index >= 15 is 0 Å². The molecule has 0 unspecified atom stereocenters. The Hall–Kier alpha value is -1.35. The zero-order valence-electron chi connectivity index (χ0n) is 10.0. The molecule has 3 heteroatoms. The summed E-state index contributed by atoms with van der Waals surface area (Å²) in [5.74, 6) is 0.416. The molecule has 0 amide bonds. The van der Waals surface area contributed by atoms with E-state index in [4.69, 9.17) is 4.74 Å². The first-order valence-electron chi connectivity index (χ1n) is 6.19. The average molecular weight is 231 g/mol. The highest BCUT2D eigenvalue weighted by Crippen LogP contribution is 2.43. The first-order chi connectivity index (χ1) is 8.24. The number of carbonyl (C=O) groups excluding carboxylic acids is 1. The summed E-state index contributed by atoms with van der Waals surface area (Å²) >= 11 is 0. The molecule has 1 aromatic carbocycles. The van der Waals surface area contributed by atoms with Gasteiger partial charge in [0.25, 0.3) is 0 Å². The van der Waals surface area contributed by atoms with Crippen molar-refractivity contribution in [1.29, 1.82) is 0 Å². The van der Waals surface area contributed by atoms with Crippen molar-refractivity contribution in [3.8, 4) is 0 Å². The van der Waals surface area contributed by atoms with Crippen LogP contribution in [0.25, 0.3) is 0 Å². The van der Waals surface area contributed by atoms with Crippen LogP contribution in [0.5, 0.6) is 0 Å². The standard InChI is InChI=1S/C14H17NO2/c1-10(16)17-14-12-7-13(14)15(9-12)8-11-5-3-2-4-6-11/h2-6,12-14H,7-9H2,1H3/t12-,13-,14-/m1/s1. The van der Waals surface area contributed by atoms with Gasteiger partial charge in [-0.25, -0.2) is 0 Å². The predicted octanol–water partition coefficient (Wildman–Crippen LogP) is 1.82. The lowest BCUT2D eigenvalue weighted by atomic mass is 9.82. The summed E-state index contributed by atoms with van der Waals surface area (Å²) in [6.07, 6.45) is 1.33. The van der Waals surface area contributed by atoms with E-state index in [0.29, 0.717) is 12.0 Å². The lowest BCUT2D eigenvalue weighted by Crippen LogP contribution is -2.45. The van der Waals surface area contributed by atoms with Crippen molar-refractivity contribution in [3.63, 3.8) is 0 Å². The molecule has 0 spiro atoms. The van der Waals surface area contributed by atoms with Crippen LogP contribution < -0.4 is 0 Å². The fourth-order valence-electron chi connectivity index (χ4n) is 3.03. The molecule has 2 saturated heterocycles. The molecule has 3 fully saturated rings. The van der Waals surface area contributed by atoms with Crippen LogP contribution in [-0.4, -0.2) is 29.6 Å². The van der Waals surface area contributed by atoms with Crippen molar-refractivity contribution in [2.24, 2.45) is 5.92 Å². The van der Waals surface area contributed by atoms with Gasteiger partial charge >= 0.3 is 5.97 Å². The largest absolute Gasteiger partial charge is 0.461 e. The molecule has 3 aliphatic rings. The quantitative estimate of drug-likeness (QED) is 0.743. The molecule has 0 N–H and O–H groups in total. The molecule has 3 nitrogen and oxygen atoms in total. The Bertz CT molecular complexity index is 417. The zero-order chi connectivity index (χ0) is 11.8. The maximum absolute atomic E-state index is 11.0. The van der Waals surface area contributed by atoms with Crippen molar-refractivity contribution < 1.29 is 9.53 Å². The van der Waals surface area contributed by atoms with Gasteiger partial charge in [0.05, 0.1) is 0 Å². The van der Waals surface area contributed by atoms with E-state index in [1.807, 2.05) is 6.07 Å². The van der Waals surface area contributed by atoms with Crippen LogP contribution in [0.2, 0.25) is 0 Å². The summed E-state index contributed by atoms with van der Waals surface area (Å²) in [7, 11) is 0. The molecule has 4 rings (SSSR count). The second-order valence-electron chi connectivity index (χ2n) is 5.05. The molecule has 2 heterocycles. The Kier molecular flexibility index (Phi) is 2.63. The van der Waals surface area contributed by atoms with Crippen LogP contribution in [-0.2, 0) is 16.1 Å². The van der Waals surface area contributed by atoms with Crippen LogP contribution in [0.3, 0.4) is 0 Å². The van der Waals surface area contributed by atoms with Crippen molar-refractivity contribution in [1.82, 2.24) is 4.90 Å². The molecule has 2 aliphatic heterocycles. The fraction of sp³-hybridized carbons (Fsp3) is 0.500.